The number of nitrogens with zero attached hydrogens (tertiary/aromatic N) is 1. The van der Waals surface area contributed by atoms with E-state index in [9.17, 15) is 8.42 Å². The summed E-state index contributed by atoms with van der Waals surface area (Å²) >= 11 is 1.54. The SMILES string of the molecule is Cc1oc(C)c(S(=O)(=O)N(C)Cc2ccsc2)c1CN. The van der Waals surface area contributed by atoms with Crippen molar-refractivity contribution in [2.24, 2.45) is 5.73 Å². The van der Waals surface area contributed by atoms with Crippen molar-refractivity contribution in [3.63, 3.8) is 0 Å². The van der Waals surface area contributed by atoms with Crippen LogP contribution in [-0.2, 0) is 23.1 Å². The highest BCUT2D eigenvalue weighted by atomic mass is 32.2. The molecule has 0 amide bonds. The highest BCUT2D eigenvalue weighted by Crippen LogP contribution is 2.29. The number of aryl methyl sites for hydroxylation is 2. The molecule has 2 heterocycles. The molecule has 0 fully saturated rings. The quantitative estimate of drug-likeness (QED) is 0.918. The highest BCUT2D eigenvalue weighted by molar-refractivity contribution is 7.89. The Kier molecular flexibility index (Phi) is 4.33. The van der Waals surface area contributed by atoms with Crippen molar-refractivity contribution in [1.82, 2.24) is 4.31 Å². The number of furan rings is 1. The molecule has 0 atom stereocenters. The Balaban J connectivity index is 2.40. The second-order valence-corrected chi connectivity index (χ2v) is 7.38. The van der Waals surface area contributed by atoms with Gasteiger partial charge >= 0.3 is 0 Å². The Hall–Kier alpha value is -1.15. The molecule has 2 N–H and O–H groups in total. The molecular weight excluding hydrogens is 296 g/mol. The van der Waals surface area contributed by atoms with Crippen LogP contribution in [0.4, 0.5) is 0 Å². The molecule has 20 heavy (non-hydrogen) atoms. The standard InChI is InChI=1S/C13H18N2O3S2/c1-9-12(6-14)13(10(2)18-9)20(16,17)15(3)7-11-4-5-19-8-11/h4-5,8H,6-7,14H2,1-3H3. The van der Waals surface area contributed by atoms with Crippen molar-refractivity contribution < 1.29 is 12.8 Å². The van der Waals surface area contributed by atoms with E-state index in [1.54, 1.807) is 32.2 Å². The van der Waals surface area contributed by atoms with E-state index in [-0.39, 0.29) is 11.4 Å². The summed E-state index contributed by atoms with van der Waals surface area (Å²) in [6.07, 6.45) is 0. The molecule has 0 saturated heterocycles. The Morgan fingerprint density at radius 3 is 2.60 bits per heavy atom. The van der Waals surface area contributed by atoms with E-state index in [1.165, 1.54) is 4.31 Å². The van der Waals surface area contributed by atoms with Gasteiger partial charge in [0, 0.05) is 25.7 Å². The van der Waals surface area contributed by atoms with Gasteiger partial charge in [0.15, 0.2) is 0 Å². The van der Waals surface area contributed by atoms with Gasteiger partial charge in [0.2, 0.25) is 10.0 Å². The number of hydrogen-bond acceptors (Lipinski definition) is 5. The lowest BCUT2D eigenvalue weighted by Gasteiger charge is -2.17. The molecule has 0 spiro atoms. The van der Waals surface area contributed by atoms with Crippen LogP contribution in [0.5, 0.6) is 0 Å². The van der Waals surface area contributed by atoms with Gasteiger partial charge in [-0.1, -0.05) is 0 Å². The maximum Gasteiger partial charge on any atom is 0.246 e. The van der Waals surface area contributed by atoms with Gasteiger partial charge in [-0.15, -0.1) is 0 Å². The Morgan fingerprint density at radius 1 is 1.35 bits per heavy atom. The fraction of sp³-hybridized carbons (Fsp3) is 0.385. The van der Waals surface area contributed by atoms with Crippen LogP contribution in [0.15, 0.2) is 26.1 Å². The molecule has 2 aromatic heterocycles. The largest absolute Gasteiger partial charge is 0.465 e. The second kappa shape index (κ2) is 5.69. The van der Waals surface area contributed by atoms with E-state index in [1.807, 2.05) is 16.8 Å². The maximum absolute atomic E-state index is 12.7. The predicted molar refractivity (Wildman–Crippen MR) is 79.0 cm³/mol. The summed E-state index contributed by atoms with van der Waals surface area (Å²) in [5.41, 5.74) is 7.18. The molecule has 0 saturated carbocycles. The first-order valence-electron chi connectivity index (χ1n) is 6.14. The van der Waals surface area contributed by atoms with Gasteiger partial charge in [-0.3, -0.25) is 0 Å². The topological polar surface area (TPSA) is 76.5 Å². The van der Waals surface area contributed by atoms with Crippen molar-refractivity contribution in [3.05, 3.63) is 39.5 Å². The maximum atomic E-state index is 12.7. The number of hydrogen-bond donors (Lipinski definition) is 1. The third kappa shape index (κ3) is 2.67. The summed E-state index contributed by atoms with van der Waals surface area (Å²) in [6, 6.07) is 1.91. The van der Waals surface area contributed by atoms with Gasteiger partial charge < -0.3 is 10.2 Å². The van der Waals surface area contributed by atoms with Crippen molar-refractivity contribution in [3.8, 4) is 0 Å². The monoisotopic (exact) mass is 314 g/mol. The minimum atomic E-state index is -3.60. The molecule has 0 radical (unpaired) electrons. The minimum Gasteiger partial charge on any atom is -0.465 e. The van der Waals surface area contributed by atoms with Gasteiger partial charge in [0.05, 0.1) is 0 Å². The average molecular weight is 314 g/mol. The first-order chi connectivity index (χ1) is 9.37. The molecule has 0 aliphatic rings. The van der Waals surface area contributed by atoms with Gasteiger partial charge in [0.1, 0.15) is 16.4 Å². The van der Waals surface area contributed by atoms with Gasteiger partial charge in [-0.05, 0) is 36.2 Å². The molecule has 0 bridgehead atoms. The smallest absolute Gasteiger partial charge is 0.246 e. The summed E-state index contributed by atoms with van der Waals surface area (Å²) < 4.78 is 32.1. The van der Waals surface area contributed by atoms with E-state index >= 15 is 0 Å². The zero-order valence-electron chi connectivity index (χ0n) is 11.7. The summed E-state index contributed by atoms with van der Waals surface area (Å²) in [6.45, 7) is 3.86. The lowest BCUT2D eigenvalue weighted by Crippen LogP contribution is -2.27. The Bertz CT molecular complexity index is 688. The van der Waals surface area contributed by atoms with Gasteiger partial charge in [-0.2, -0.15) is 15.6 Å². The van der Waals surface area contributed by atoms with Crippen molar-refractivity contribution in [2.45, 2.75) is 31.8 Å². The Labute approximate surface area is 123 Å². The molecule has 0 aromatic carbocycles. The normalized spacial score (nSPS) is 12.2. The summed E-state index contributed by atoms with van der Waals surface area (Å²) in [7, 11) is -2.04. The minimum absolute atomic E-state index is 0.143. The number of rotatable bonds is 5. The molecule has 2 rings (SSSR count). The number of thiophene rings is 1. The molecular formula is C13H18N2O3S2. The molecule has 7 heteroatoms. The number of sulfonamides is 1. The third-order valence-electron chi connectivity index (χ3n) is 3.18. The van der Waals surface area contributed by atoms with Crippen LogP contribution in [0.25, 0.3) is 0 Å². The molecule has 110 valence electrons. The van der Waals surface area contributed by atoms with E-state index in [0.717, 1.165) is 5.56 Å². The lowest BCUT2D eigenvalue weighted by molar-refractivity contribution is 0.460. The van der Waals surface area contributed by atoms with E-state index < -0.39 is 10.0 Å². The third-order valence-corrected chi connectivity index (χ3v) is 5.91. The highest BCUT2D eigenvalue weighted by Gasteiger charge is 2.29. The zero-order valence-corrected chi connectivity index (χ0v) is 13.3. The molecule has 0 aliphatic heterocycles. The summed E-state index contributed by atoms with van der Waals surface area (Å²) in [5, 5.41) is 3.86. The lowest BCUT2D eigenvalue weighted by atomic mass is 10.2. The van der Waals surface area contributed by atoms with Crippen molar-refractivity contribution in [2.75, 3.05) is 7.05 Å². The van der Waals surface area contributed by atoms with Crippen LogP contribution < -0.4 is 5.73 Å². The molecule has 0 unspecified atom stereocenters. The predicted octanol–water partition coefficient (Wildman–Crippen LogP) is 2.24. The molecule has 0 aliphatic carbocycles. The second-order valence-electron chi connectivity index (χ2n) is 4.62. The van der Waals surface area contributed by atoms with Crippen LogP contribution in [0.2, 0.25) is 0 Å². The number of nitrogens with two attached hydrogens (primary N) is 1. The van der Waals surface area contributed by atoms with Gasteiger partial charge in [-0.25, -0.2) is 8.42 Å². The van der Waals surface area contributed by atoms with E-state index in [0.29, 0.717) is 23.6 Å². The van der Waals surface area contributed by atoms with E-state index in [4.69, 9.17) is 10.2 Å². The molecule has 5 nitrogen and oxygen atoms in total. The van der Waals surface area contributed by atoms with Crippen LogP contribution in [0.1, 0.15) is 22.6 Å². The average Bonchev–Trinajstić information content (AvgIpc) is 2.96. The van der Waals surface area contributed by atoms with Crippen LogP contribution >= 0.6 is 11.3 Å². The van der Waals surface area contributed by atoms with Crippen molar-refractivity contribution in [1.29, 1.82) is 0 Å². The van der Waals surface area contributed by atoms with Crippen LogP contribution in [0.3, 0.4) is 0 Å². The summed E-state index contributed by atoms with van der Waals surface area (Å²) in [5.74, 6) is 0.952. The fourth-order valence-electron chi connectivity index (χ4n) is 2.16. The van der Waals surface area contributed by atoms with Crippen LogP contribution in [-0.4, -0.2) is 19.8 Å². The fourth-order valence-corrected chi connectivity index (χ4v) is 4.40. The van der Waals surface area contributed by atoms with E-state index in [2.05, 4.69) is 0 Å². The summed E-state index contributed by atoms with van der Waals surface area (Å²) in [4.78, 5) is 0.204. The van der Waals surface area contributed by atoms with Crippen LogP contribution in [0, 0.1) is 13.8 Å². The first-order valence-corrected chi connectivity index (χ1v) is 8.52. The Morgan fingerprint density at radius 2 is 2.05 bits per heavy atom. The zero-order chi connectivity index (χ0) is 14.9. The first kappa shape index (κ1) is 15.2. The van der Waals surface area contributed by atoms with Gasteiger partial charge in [0.25, 0.3) is 0 Å². The molecule has 2 aromatic rings. The van der Waals surface area contributed by atoms with Crippen molar-refractivity contribution >= 4 is 21.4 Å².